The molecule has 1 fully saturated rings. The molecule has 0 spiro atoms. The van der Waals surface area contributed by atoms with Crippen LogP contribution >= 0.6 is 0 Å². The molecule has 2 rings (SSSR count). The Hall–Kier alpha value is -0.920. The van der Waals surface area contributed by atoms with Gasteiger partial charge in [0.25, 0.3) is 10.0 Å². The largest absolute Gasteiger partial charge is 0.392 e. The molecule has 1 aromatic rings. The molecule has 1 saturated carbocycles. The quantitative estimate of drug-likeness (QED) is 0.708. The van der Waals surface area contributed by atoms with E-state index in [2.05, 4.69) is 28.8 Å². The molecule has 0 atom stereocenters. The summed E-state index contributed by atoms with van der Waals surface area (Å²) in [5.41, 5.74) is 0.392. The number of sulfonamides is 1. The fraction of sp³-hybridized carbons (Fsp3) is 0.727. The van der Waals surface area contributed by atoms with Crippen molar-refractivity contribution >= 4 is 10.0 Å². The lowest BCUT2D eigenvalue weighted by atomic mass is 9.93. The van der Waals surface area contributed by atoms with E-state index in [1.807, 2.05) is 0 Å². The third-order valence-corrected chi connectivity index (χ3v) is 5.26. The Morgan fingerprint density at radius 1 is 1.56 bits per heavy atom. The highest BCUT2D eigenvalue weighted by atomic mass is 32.2. The Kier molecular flexibility index (Phi) is 3.48. The third-order valence-electron chi connectivity index (χ3n) is 3.85. The van der Waals surface area contributed by atoms with Gasteiger partial charge in [0.05, 0.1) is 12.8 Å². The van der Waals surface area contributed by atoms with E-state index in [-0.39, 0.29) is 22.6 Å². The summed E-state index contributed by atoms with van der Waals surface area (Å²) in [6.45, 7) is 4.31. The molecule has 18 heavy (non-hydrogen) atoms. The van der Waals surface area contributed by atoms with Crippen LogP contribution in [0.15, 0.2) is 11.2 Å². The van der Waals surface area contributed by atoms with Crippen LogP contribution in [0.3, 0.4) is 0 Å². The van der Waals surface area contributed by atoms with E-state index in [0.717, 1.165) is 12.8 Å². The van der Waals surface area contributed by atoms with Crippen LogP contribution < -0.4 is 4.72 Å². The summed E-state index contributed by atoms with van der Waals surface area (Å²) in [5, 5.41) is 15.1. The summed E-state index contributed by atoms with van der Waals surface area (Å²) in [6, 6.07) is 0. The van der Waals surface area contributed by atoms with Gasteiger partial charge in [-0.2, -0.15) is 5.10 Å². The van der Waals surface area contributed by atoms with Crippen molar-refractivity contribution < 1.29 is 13.5 Å². The zero-order valence-corrected chi connectivity index (χ0v) is 11.4. The van der Waals surface area contributed by atoms with Gasteiger partial charge in [0.1, 0.15) is 0 Å². The van der Waals surface area contributed by atoms with Crippen LogP contribution in [0.5, 0.6) is 0 Å². The van der Waals surface area contributed by atoms with Crippen molar-refractivity contribution in [3.63, 3.8) is 0 Å². The first kappa shape index (κ1) is 13.5. The molecule has 1 aromatic heterocycles. The van der Waals surface area contributed by atoms with E-state index < -0.39 is 10.0 Å². The summed E-state index contributed by atoms with van der Waals surface area (Å²) >= 11 is 0. The predicted octanol–water partition coefficient (Wildman–Crippen LogP) is 0.616. The monoisotopic (exact) mass is 273 g/mol. The van der Waals surface area contributed by atoms with Crippen LogP contribution in [0.25, 0.3) is 0 Å². The predicted molar refractivity (Wildman–Crippen MR) is 66.2 cm³/mol. The number of nitrogens with zero attached hydrogens (tertiary/aromatic N) is 1. The Morgan fingerprint density at radius 2 is 2.22 bits per heavy atom. The van der Waals surface area contributed by atoms with Crippen molar-refractivity contribution in [3.05, 3.63) is 11.8 Å². The molecule has 7 heteroatoms. The van der Waals surface area contributed by atoms with E-state index >= 15 is 0 Å². The molecular formula is C11H19N3O3S. The van der Waals surface area contributed by atoms with Gasteiger partial charge in [0.2, 0.25) is 0 Å². The molecule has 1 heterocycles. The summed E-state index contributed by atoms with van der Waals surface area (Å²) in [4.78, 5) is 0. The maximum absolute atomic E-state index is 12.1. The summed E-state index contributed by atoms with van der Waals surface area (Å²) < 4.78 is 26.8. The zero-order valence-electron chi connectivity index (χ0n) is 10.6. The highest BCUT2D eigenvalue weighted by Crippen LogP contribution is 2.51. The van der Waals surface area contributed by atoms with Gasteiger partial charge in [0, 0.05) is 12.1 Å². The van der Waals surface area contributed by atoms with Gasteiger partial charge in [0.15, 0.2) is 5.03 Å². The van der Waals surface area contributed by atoms with Crippen LogP contribution in [0.2, 0.25) is 0 Å². The minimum Gasteiger partial charge on any atom is -0.392 e. The van der Waals surface area contributed by atoms with Crippen molar-refractivity contribution in [2.45, 2.75) is 38.3 Å². The molecule has 1 aliphatic rings. The second-order valence-electron chi connectivity index (χ2n) is 5.22. The van der Waals surface area contributed by atoms with E-state index in [1.54, 1.807) is 0 Å². The smallest absolute Gasteiger partial charge is 0.257 e. The first-order valence-electron chi connectivity index (χ1n) is 6.04. The molecule has 3 N–H and O–H groups in total. The van der Waals surface area contributed by atoms with Crippen LogP contribution in [0.1, 0.15) is 32.3 Å². The second-order valence-corrected chi connectivity index (χ2v) is 6.93. The molecule has 0 amide bonds. The summed E-state index contributed by atoms with van der Waals surface area (Å²) in [6.07, 6.45) is 3.44. The number of H-pyrrole nitrogens is 1. The number of hydrogen-bond acceptors (Lipinski definition) is 4. The number of aliphatic hydroxyl groups excluding tert-OH is 1. The molecule has 0 saturated heterocycles. The second kappa shape index (κ2) is 4.64. The normalized spacial score (nSPS) is 18.2. The van der Waals surface area contributed by atoms with Gasteiger partial charge < -0.3 is 5.11 Å². The highest BCUT2D eigenvalue weighted by Gasteiger charge is 2.45. The van der Waals surface area contributed by atoms with Crippen molar-refractivity contribution in [1.82, 2.24) is 14.9 Å². The third kappa shape index (κ3) is 2.43. The first-order chi connectivity index (χ1) is 8.41. The molecule has 0 unspecified atom stereocenters. The van der Waals surface area contributed by atoms with Crippen LogP contribution in [0.4, 0.5) is 0 Å². The number of aromatic nitrogens is 2. The zero-order chi connectivity index (χ0) is 13.4. The van der Waals surface area contributed by atoms with Crippen molar-refractivity contribution in [2.24, 2.45) is 11.3 Å². The molecule has 102 valence electrons. The Morgan fingerprint density at radius 3 is 2.72 bits per heavy atom. The number of aromatic amines is 1. The van der Waals surface area contributed by atoms with Crippen molar-refractivity contribution in [3.8, 4) is 0 Å². The van der Waals surface area contributed by atoms with Gasteiger partial charge in [-0.05, 0) is 24.2 Å². The topological polar surface area (TPSA) is 95.1 Å². The van der Waals surface area contributed by atoms with E-state index in [0.29, 0.717) is 12.5 Å². The van der Waals surface area contributed by atoms with Gasteiger partial charge in [-0.1, -0.05) is 13.8 Å². The molecule has 0 aliphatic heterocycles. The van der Waals surface area contributed by atoms with Gasteiger partial charge in [-0.15, -0.1) is 0 Å². The minimum absolute atomic E-state index is 0.0374. The van der Waals surface area contributed by atoms with Gasteiger partial charge in [-0.25, -0.2) is 13.1 Å². The molecule has 1 aliphatic carbocycles. The molecular weight excluding hydrogens is 254 g/mol. The molecule has 0 radical (unpaired) electrons. The fourth-order valence-electron chi connectivity index (χ4n) is 2.07. The van der Waals surface area contributed by atoms with Crippen LogP contribution in [-0.2, 0) is 16.6 Å². The van der Waals surface area contributed by atoms with Crippen LogP contribution in [0, 0.1) is 11.3 Å². The maximum Gasteiger partial charge on any atom is 0.257 e. The average molecular weight is 273 g/mol. The average Bonchev–Trinajstić information content (AvgIpc) is 2.96. The molecule has 0 bridgehead atoms. The minimum atomic E-state index is -3.61. The summed E-state index contributed by atoms with van der Waals surface area (Å²) in [5.74, 6) is 0.458. The Bertz CT molecular complexity index is 517. The standard InChI is InChI=1S/C11H19N3O3S/c1-8(2)11(3-4-11)7-13-18(16,17)10-9(6-15)5-12-14-10/h5,8,13,15H,3-4,6-7H2,1-2H3,(H,12,14). The fourth-order valence-corrected chi connectivity index (χ4v) is 3.33. The Labute approximate surface area is 107 Å². The number of hydrogen-bond donors (Lipinski definition) is 3. The van der Waals surface area contributed by atoms with E-state index in [9.17, 15) is 8.42 Å². The van der Waals surface area contributed by atoms with Crippen molar-refractivity contribution in [1.29, 1.82) is 0 Å². The SMILES string of the molecule is CC(C)C1(CNS(=O)(=O)c2[nH]ncc2CO)CC1. The van der Waals surface area contributed by atoms with E-state index in [1.165, 1.54) is 6.20 Å². The first-order valence-corrected chi connectivity index (χ1v) is 7.52. The van der Waals surface area contributed by atoms with Crippen LogP contribution in [-0.4, -0.2) is 30.3 Å². The highest BCUT2D eigenvalue weighted by molar-refractivity contribution is 7.89. The maximum atomic E-state index is 12.1. The van der Waals surface area contributed by atoms with Crippen molar-refractivity contribution in [2.75, 3.05) is 6.54 Å². The summed E-state index contributed by atoms with van der Waals surface area (Å²) in [7, 11) is -3.61. The Balaban J connectivity index is 2.09. The lowest BCUT2D eigenvalue weighted by Gasteiger charge is -2.19. The van der Waals surface area contributed by atoms with E-state index in [4.69, 9.17) is 5.11 Å². The van der Waals surface area contributed by atoms with Gasteiger partial charge in [-0.3, -0.25) is 5.10 Å². The lowest BCUT2D eigenvalue weighted by Crippen LogP contribution is -2.33. The van der Waals surface area contributed by atoms with Gasteiger partial charge >= 0.3 is 0 Å². The molecule has 6 nitrogen and oxygen atoms in total. The lowest BCUT2D eigenvalue weighted by molar-refractivity contribution is 0.278. The number of aliphatic hydroxyl groups is 1. The number of nitrogens with one attached hydrogen (secondary N) is 2. The molecule has 0 aromatic carbocycles. The number of rotatable bonds is 6.